The highest BCUT2D eigenvalue weighted by Crippen LogP contribution is 2.31. The highest BCUT2D eigenvalue weighted by atomic mass is 16.2. The molecule has 0 bridgehead atoms. The number of nitrogens with one attached hydrogen (secondary N) is 1. The van der Waals surface area contributed by atoms with Gasteiger partial charge in [-0.3, -0.25) is 4.79 Å². The summed E-state index contributed by atoms with van der Waals surface area (Å²) in [5.74, 6) is 1.27. The summed E-state index contributed by atoms with van der Waals surface area (Å²) in [5.41, 5.74) is 5.77. The second kappa shape index (κ2) is 4.74. The van der Waals surface area contributed by atoms with E-state index in [0.717, 1.165) is 6.42 Å². The maximum atomic E-state index is 12.0. The van der Waals surface area contributed by atoms with E-state index in [-0.39, 0.29) is 11.3 Å². The summed E-state index contributed by atoms with van der Waals surface area (Å²) in [6, 6.07) is -0.105. The van der Waals surface area contributed by atoms with Gasteiger partial charge in [-0.15, -0.1) is 0 Å². The average Bonchev–Trinajstić information content (AvgIpc) is 2.47. The molecule has 0 aromatic heterocycles. The maximum Gasteiger partial charge on any atom is 0.237 e. The molecule has 0 spiro atoms. The SMILES string of the molecule is CC1CCC(NC(=O)C(N)C(C)(C)C)C1C. The van der Waals surface area contributed by atoms with Gasteiger partial charge >= 0.3 is 0 Å². The molecule has 0 aromatic carbocycles. The predicted molar refractivity (Wildman–Crippen MR) is 66.9 cm³/mol. The number of amides is 1. The first-order valence-electron chi connectivity index (χ1n) is 6.29. The zero-order valence-corrected chi connectivity index (χ0v) is 11.2. The summed E-state index contributed by atoms with van der Waals surface area (Å²) in [4.78, 5) is 12.0. The van der Waals surface area contributed by atoms with Crippen molar-refractivity contribution in [1.82, 2.24) is 5.32 Å². The van der Waals surface area contributed by atoms with Crippen molar-refractivity contribution in [2.45, 2.75) is 59.5 Å². The zero-order valence-electron chi connectivity index (χ0n) is 11.2. The van der Waals surface area contributed by atoms with E-state index >= 15 is 0 Å². The lowest BCUT2D eigenvalue weighted by atomic mass is 9.86. The topological polar surface area (TPSA) is 55.1 Å². The van der Waals surface area contributed by atoms with Crippen molar-refractivity contribution in [2.75, 3.05) is 0 Å². The Morgan fingerprint density at radius 1 is 1.31 bits per heavy atom. The summed E-state index contributed by atoms with van der Waals surface area (Å²) in [6.07, 6.45) is 2.29. The summed E-state index contributed by atoms with van der Waals surface area (Å²) < 4.78 is 0. The molecule has 16 heavy (non-hydrogen) atoms. The minimum Gasteiger partial charge on any atom is -0.352 e. The van der Waals surface area contributed by atoms with Crippen molar-refractivity contribution in [3.05, 3.63) is 0 Å². The molecule has 4 atom stereocenters. The van der Waals surface area contributed by atoms with Crippen LogP contribution in [0.3, 0.4) is 0 Å². The van der Waals surface area contributed by atoms with Gasteiger partial charge in [0.25, 0.3) is 0 Å². The van der Waals surface area contributed by atoms with Gasteiger partial charge in [0.05, 0.1) is 6.04 Å². The fourth-order valence-corrected chi connectivity index (χ4v) is 2.23. The van der Waals surface area contributed by atoms with E-state index in [1.807, 2.05) is 20.8 Å². The first-order chi connectivity index (χ1) is 7.23. The Labute approximate surface area is 99.2 Å². The lowest BCUT2D eigenvalue weighted by Crippen LogP contribution is -2.52. The van der Waals surface area contributed by atoms with Crippen LogP contribution in [0.5, 0.6) is 0 Å². The summed E-state index contributed by atoms with van der Waals surface area (Å²) in [6.45, 7) is 10.5. The molecule has 4 unspecified atom stereocenters. The second-order valence-electron chi connectivity index (χ2n) is 6.37. The van der Waals surface area contributed by atoms with Gasteiger partial charge < -0.3 is 11.1 Å². The molecule has 3 heteroatoms. The minimum atomic E-state index is -0.421. The van der Waals surface area contributed by atoms with Crippen LogP contribution < -0.4 is 11.1 Å². The number of carbonyl (C=O) groups excluding carboxylic acids is 1. The number of rotatable bonds is 2. The van der Waals surface area contributed by atoms with Crippen LogP contribution in [0.4, 0.5) is 0 Å². The van der Waals surface area contributed by atoms with Gasteiger partial charge in [0.15, 0.2) is 0 Å². The van der Waals surface area contributed by atoms with Crippen molar-refractivity contribution in [3.63, 3.8) is 0 Å². The van der Waals surface area contributed by atoms with Crippen LogP contribution in [0.2, 0.25) is 0 Å². The van der Waals surface area contributed by atoms with Gasteiger partial charge in [0.2, 0.25) is 5.91 Å². The third-order valence-electron chi connectivity index (χ3n) is 4.01. The number of nitrogens with two attached hydrogens (primary N) is 1. The molecule has 3 N–H and O–H groups in total. The van der Waals surface area contributed by atoms with E-state index in [0.29, 0.717) is 17.9 Å². The van der Waals surface area contributed by atoms with Gasteiger partial charge in [-0.2, -0.15) is 0 Å². The molecule has 3 nitrogen and oxygen atoms in total. The Morgan fingerprint density at radius 3 is 2.25 bits per heavy atom. The monoisotopic (exact) mass is 226 g/mol. The molecule has 1 aliphatic rings. The maximum absolute atomic E-state index is 12.0. The van der Waals surface area contributed by atoms with Gasteiger partial charge in [0, 0.05) is 6.04 Å². The zero-order chi connectivity index (χ0) is 12.5. The second-order valence-corrected chi connectivity index (χ2v) is 6.37. The smallest absolute Gasteiger partial charge is 0.237 e. The average molecular weight is 226 g/mol. The molecule has 1 fully saturated rings. The first kappa shape index (κ1) is 13.5. The molecule has 0 aliphatic heterocycles. The first-order valence-corrected chi connectivity index (χ1v) is 6.29. The fourth-order valence-electron chi connectivity index (χ4n) is 2.23. The van der Waals surface area contributed by atoms with Crippen molar-refractivity contribution < 1.29 is 4.79 Å². The molecule has 1 saturated carbocycles. The van der Waals surface area contributed by atoms with E-state index < -0.39 is 6.04 Å². The Hall–Kier alpha value is -0.570. The Bertz CT molecular complexity index is 257. The van der Waals surface area contributed by atoms with E-state index in [1.54, 1.807) is 0 Å². The van der Waals surface area contributed by atoms with Gasteiger partial charge in [0.1, 0.15) is 0 Å². The number of carbonyl (C=O) groups is 1. The normalized spacial score (nSPS) is 32.5. The third-order valence-corrected chi connectivity index (χ3v) is 4.01. The van der Waals surface area contributed by atoms with E-state index in [4.69, 9.17) is 5.73 Å². The molecule has 1 amide bonds. The predicted octanol–water partition coefficient (Wildman–Crippen LogP) is 1.91. The van der Waals surface area contributed by atoms with E-state index in [9.17, 15) is 4.79 Å². The number of hydrogen-bond acceptors (Lipinski definition) is 2. The van der Waals surface area contributed by atoms with Crippen molar-refractivity contribution >= 4 is 5.91 Å². The molecule has 0 radical (unpaired) electrons. The van der Waals surface area contributed by atoms with Crippen molar-refractivity contribution in [1.29, 1.82) is 0 Å². The molecule has 1 aliphatic carbocycles. The molecule has 1 rings (SSSR count). The highest BCUT2D eigenvalue weighted by Gasteiger charge is 2.34. The summed E-state index contributed by atoms with van der Waals surface area (Å²) in [7, 11) is 0. The Kier molecular flexibility index (Phi) is 4.00. The Morgan fingerprint density at radius 2 is 1.88 bits per heavy atom. The molecule has 0 aromatic rings. The molecular formula is C13H26N2O. The van der Waals surface area contributed by atoms with Crippen molar-refractivity contribution in [3.8, 4) is 0 Å². The standard InChI is InChI=1S/C13H26N2O/c1-8-6-7-10(9(8)2)15-12(16)11(14)13(3,4)5/h8-11H,6-7,14H2,1-5H3,(H,15,16). The van der Waals surface area contributed by atoms with Crippen LogP contribution >= 0.6 is 0 Å². The summed E-state index contributed by atoms with van der Waals surface area (Å²) >= 11 is 0. The Balaban J connectivity index is 2.52. The molecular weight excluding hydrogens is 200 g/mol. The van der Waals surface area contributed by atoms with Crippen LogP contribution in [-0.4, -0.2) is 18.0 Å². The van der Waals surface area contributed by atoms with Crippen LogP contribution in [-0.2, 0) is 4.79 Å². The van der Waals surface area contributed by atoms with Gasteiger partial charge in [-0.1, -0.05) is 34.6 Å². The van der Waals surface area contributed by atoms with E-state index in [2.05, 4.69) is 19.2 Å². The van der Waals surface area contributed by atoms with Crippen molar-refractivity contribution in [2.24, 2.45) is 23.0 Å². The lowest BCUT2D eigenvalue weighted by molar-refractivity contribution is -0.125. The van der Waals surface area contributed by atoms with Crippen LogP contribution in [0, 0.1) is 17.3 Å². The quantitative estimate of drug-likeness (QED) is 0.755. The van der Waals surface area contributed by atoms with Crippen LogP contribution in [0.15, 0.2) is 0 Å². The van der Waals surface area contributed by atoms with Crippen LogP contribution in [0.25, 0.3) is 0 Å². The third kappa shape index (κ3) is 2.97. The van der Waals surface area contributed by atoms with Gasteiger partial charge in [-0.25, -0.2) is 0 Å². The minimum absolute atomic E-state index is 0.00144. The van der Waals surface area contributed by atoms with E-state index in [1.165, 1.54) is 6.42 Å². The molecule has 0 saturated heterocycles. The lowest BCUT2D eigenvalue weighted by Gasteiger charge is -2.28. The highest BCUT2D eigenvalue weighted by molar-refractivity contribution is 5.82. The molecule has 0 heterocycles. The summed E-state index contributed by atoms with van der Waals surface area (Å²) in [5, 5.41) is 3.10. The molecule has 94 valence electrons. The van der Waals surface area contributed by atoms with Gasteiger partial charge in [-0.05, 0) is 30.1 Å². The fraction of sp³-hybridized carbons (Fsp3) is 0.923. The number of hydrogen-bond donors (Lipinski definition) is 2. The van der Waals surface area contributed by atoms with Crippen LogP contribution in [0.1, 0.15) is 47.5 Å². The largest absolute Gasteiger partial charge is 0.352 e.